The molecular formula is C24H23F2NO3. The van der Waals surface area contributed by atoms with Crippen molar-refractivity contribution in [1.29, 1.82) is 0 Å². The van der Waals surface area contributed by atoms with E-state index in [1.165, 1.54) is 12.1 Å². The molecule has 0 bridgehead atoms. The zero-order valence-corrected chi connectivity index (χ0v) is 17.1. The first kappa shape index (κ1) is 21.3. The minimum atomic E-state index is -1.06. The standard InChI is InChI=1S/C24H23F2NO3/c1-14-7-8-21(30-13-22(28)29)16(3)24(14)27-12-19-10-18(9-15(2)23(19)26)17-5-4-6-20(25)11-17/h4-11,27H,12-13H2,1-3H3,(H,28,29). The summed E-state index contributed by atoms with van der Waals surface area (Å²) in [5, 5.41) is 12.1. The monoisotopic (exact) mass is 411 g/mol. The molecule has 3 aromatic rings. The summed E-state index contributed by atoms with van der Waals surface area (Å²) >= 11 is 0. The molecule has 0 aliphatic carbocycles. The van der Waals surface area contributed by atoms with Crippen LogP contribution in [0.4, 0.5) is 14.5 Å². The number of halogens is 2. The van der Waals surface area contributed by atoms with Crippen LogP contribution in [0.15, 0.2) is 48.5 Å². The average molecular weight is 411 g/mol. The highest BCUT2D eigenvalue weighted by Gasteiger charge is 2.13. The van der Waals surface area contributed by atoms with Crippen molar-refractivity contribution in [3.8, 4) is 16.9 Å². The Morgan fingerprint density at radius 3 is 2.47 bits per heavy atom. The van der Waals surface area contributed by atoms with E-state index in [2.05, 4.69) is 5.32 Å². The van der Waals surface area contributed by atoms with E-state index in [1.54, 1.807) is 37.3 Å². The van der Waals surface area contributed by atoms with Crippen molar-refractivity contribution < 1.29 is 23.4 Å². The number of ether oxygens (including phenoxy) is 1. The molecule has 6 heteroatoms. The smallest absolute Gasteiger partial charge is 0.341 e. The van der Waals surface area contributed by atoms with Gasteiger partial charge in [-0.15, -0.1) is 0 Å². The van der Waals surface area contributed by atoms with Crippen LogP contribution in [0.2, 0.25) is 0 Å². The maximum absolute atomic E-state index is 14.8. The molecule has 0 heterocycles. The minimum absolute atomic E-state index is 0.208. The predicted octanol–water partition coefficient (Wildman–Crippen LogP) is 5.63. The Kier molecular flexibility index (Phi) is 6.35. The van der Waals surface area contributed by atoms with Crippen molar-refractivity contribution >= 4 is 11.7 Å². The summed E-state index contributed by atoms with van der Waals surface area (Å²) in [6.07, 6.45) is 0. The Morgan fingerprint density at radius 1 is 1.00 bits per heavy atom. The summed E-state index contributed by atoms with van der Waals surface area (Å²) in [6.45, 7) is 5.17. The van der Waals surface area contributed by atoms with Crippen molar-refractivity contribution in [1.82, 2.24) is 0 Å². The second-order valence-corrected chi connectivity index (χ2v) is 7.19. The van der Waals surface area contributed by atoms with E-state index in [9.17, 15) is 13.6 Å². The molecular weight excluding hydrogens is 388 g/mol. The van der Waals surface area contributed by atoms with Gasteiger partial charge < -0.3 is 15.2 Å². The van der Waals surface area contributed by atoms with Gasteiger partial charge in [0.05, 0.1) is 0 Å². The molecule has 0 spiro atoms. The van der Waals surface area contributed by atoms with E-state index < -0.39 is 12.6 Å². The molecule has 0 aliphatic rings. The van der Waals surface area contributed by atoms with Gasteiger partial charge in [0.15, 0.2) is 6.61 Å². The third-order valence-corrected chi connectivity index (χ3v) is 4.92. The summed E-state index contributed by atoms with van der Waals surface area (Å²) < 4.78 is 33.7. The average Bonchev–Trinajstić information content (AvgIpc) is 2.70. The zero-order chi connectivity index (χ0) is 21.8. The normalized spacial score (nSPS) is 10.7. The summed E-state index contributed by atoms with van der Waals surface area (Å²) in [5.74, 6) is -1.28. The molecule has 0 atom stereocenters. The lowest BCUT2D eigenvalue weighted by atomic mass is 9.99. The highest BCUT2D eigenvalue weighted by atomic mass is 19.1. The van der Waals surface area contributed by atoms with Crippen LogP contribution in [0.25, 0.3) is 11.1 Å². The van der Waals surface area contributed by atoms with Crippen LogP contribution in [0.3, 0.4) is 0 Å². The first-order chi connectivity index (χ1) is 14.3. The third kappa shape index (κ3) is 4.76. The van der Waals surface area contributed by atoms with Gasteiger partial charge in [0.2, 0.25) is 0 Å². The minimum Gasteiger partial charge on any atom is -0.482 e. The number of hydrogen-bond donors (Lipinski definition) is 2. The maximum Gasteiger partial charge on any atom is 0.341 e. The molecule has 4 nitrogen and oxygen atoms in total. The van der Waals surface area contributed by atoms with E-state index in [1.807, 2.05) is 19.9 Å². The Hall–Kier alpha value is -3.41. The molecule has 0 saturated carbocycles. The van der Waals surface area contributed by atoms with Gasteiger partial charge >= 0.3 is 5.97 Å². The number of carbonyl (C=O) groups is 1. The number of carboxylic acids is 1. The number of benzene rings is 3. The van der Waals surface area contributed by atoms with Crippen LogP contribution in [-0.4, -0.2) is 17.7 Å². The molecule has 0 aliphatic heterocycles. The first-order valence-corrected chi connectivity index (χ1v) is 9.50. The van der Waals surface area contributed by atoms with E-state index >= 15 is 0 Å². The van der Waals surface area contributed by atoms with Crippen LogP contribution >= 0.6 is 0 Å². The largest absolute Gasteiger partial charge is 0.482 e. The van der Waals surface area contributed by atoms with E-state index in [-0.39, 0.29) is 18.2 Å². The van der Waals surface area contributed by atoms with Gasteiger partial charge in [-0.3, -0.25) is 0 Å². The predicted molar refractivity (Wildman–Crippen MR) is 113 cm³/mol. The molecule has 30 heavy (non-hydrogen) atoms. The highest BCUT2D eigenvalue weighted by molar-refractivity contribution is 5.69. The van der Waals surface area contributed by atoms with Gasteiger partial charge in [-0.2, -0.15) is 0 Å². The molecule has 2 N–H and O–H groups in total. The van der Waals surface area contributed by atoms with E-state index in [4.69, 9.17) is 9.84 Å². The molecule has 0 saturated heterocycles. The van der Waals surface area contributed by atoms with Crippen molar-refractivity contribution in [3.05, 3.63) is 82.4 Å². The van der Waals surface area contributed by atoms with Gasteiger partial charge in [-0.05, 0) is 73.4 Å². The molecule has 0 unspecified atom stereocenters. The van der Waals surface area contributed by atoms with E-state index in [0.29, 0.717) is 22.4 Å². The lowest BCUT2D eigenvalue weighted by Gasteiger charge is -2.17. The summed E-state index contributed by atoms with van der Waals surface area (Å²) in [6, 6.07) is 13.1. The Morgan fingerprint density at radius 2 is 1.77 bits per heavy atom. The molecule has 3 aromatic carbocycles. The first-order valence-electron chi connectivity index (χ1n) is 9.50. The van der Waals surface area contributed by atoms with Crippen LogP contribution in [0.5, 0.6) is 5.75 Å². The van der Waals surface area contributed by atoms with Gasteiger partial charge in [0.1, 0.15) is 17.4 Å². The highest BCUT2D eigenvalue weighted by Crippen LogP contribution is 2.31. The van der Waals surface area contributed by atoms with Crippen LogP contribution in [0, 0.1) is 32.4 Å². The van der Waals surface area contributed by atoms with Gasteiger partial charge in [-0.25, -0.2) is 13.6 Å². The number of aliphatic carboxylic acids is 1. The second kappa shape index (κ2) is 8.95. The number of hydrogen-bond acceptors (Lipinski definition) is 3. The maximum atomic E-state index is 14.8. The van der Waals surface area contributed by atoms with Crippen LogP contribution < -0.4 is 10.1 Å². The van der Waals surface area contributed by atoms with Gasteiger partial charge in [-0.1, -0.05) is 18.2 Å². The van der Waals surface area contributed by atoms with Gasteiger partial charge in [0, 0.05) is 23.4 Å². The number of rotatable bonds is 7. The van der Waals surface area contributed by atoms with Crippen LogP contribution in [0.1, 0.15) is 22.3 Å². The third-order valence-electron chi connectivity index (χ3n) is 4.92. The Bertz CT molecular complexity index is 1100. The molecule has 3 rings (SSSR count). The molecule has 0 fully saturated rings. The van der Waals surface area contributed by atoms with E-state index in [0.717, 1.165) is 22.4 Å². The molecule has 156 valence electrons. The molecule has 0 aromatic heterocycles. The fourth-order valence-corrected chi connectivity index (χ4v) is 3.39. The summed E-state index contributed by atoms with van der Waals surface area (Å²) in [7, 11) is 0. The van der Waals surface area contributed by atoms with Crippen molar-refractivity contribution in [2.45, 2.75) is 27.3 Å². The lowest BCUT2D eigenvalue weighted by Crippen LogP contribution is -2.11. The number of carboxylic acid groups (broad SMARTS) is 1. The second-order valence-electron chi connectivity index (χ2n) is 7.19. The topological polar surface area (TPSA) is 58.6 Å². The SMILES string of the molecule is Cc1cc(-c2cccc(F)c2)cc(CNc2c(C)ccc(OCC(=O)O)c2C)c1F. The van der Waals surface area contributed by atoms with Crippen molar-refractivity contribution in [2.75, 3.05) is 11.9 Å². The zero-order valence-electron chi connectivity index (χ0n) is 17.1. The Labute approximate surface area is 174 Å². The number of anilines is 1. The van der Waals surface area contributed by atoms with Crippen LogP contribution in [-0.2, 0) is 11.3 Å². The quantitative estimate of drug-likeness (QED) is 0.529. The fraction of sp³-hybridized carbons (Fsp3) is 0.208. The number of aryl methyl sites for hydroxylation is 2. The number of nitrogens with one attached hydrogen (secondary N) is 1. The Balaban J connectivity index is 1.89. The lowest BCUT2D eigenvalue weighted by molar-refractivity contribution is -0.139. The molecule has 0 amide bonds. The summed E-state index contributed by atoms with van der Waals surface area (Å²) in [4.78, 5) is 10.8. The van der Waals surface area contributed by atoms with Gasteiger partial charge in [0.25, 0.3) is 0 Å². The van der Waals surface area contributed by atoms with Crippen molar-refractivity contribution in [3.63, 3.8) is 0 Å². The van der Waals surface area contributed by atoms with Crippen molar-refractivity contribution in [2.24, 2.45) is 0 Å². The fourth-order valence-electron chi connectivity index (χ4n) is 3.39. The molecule has 0 radical (unpaired) electrons. The summed E-state index contributed by atoms with van der Waals surface area (Å²) in [5.41, 5.74) is 4.76.